The number of aromatic nitrogens is 1. The molecule has 2 aromatic carbocycles. The van der Waals surface area contributed by atoms with E-state index in [4.69, 9.17) is 13.9 Å². The van der Waals surface area contributed by atoms with Gasteiger partial charge in [-0.3, -0.25) is 14.6 Å². The molecule has 1 atom stereocenters. The molecule has 178 valence electrons. The highest BCUT2D eigenvalue weighted by Crippen LogP contribution is 2.29. The summed E-state index contributed by atoms with van der Waals surface area (Å²) < 4.78 is 17.0. The Bertz CT molecular complexity index is 1410. The van der Waals surface area contributed by atoms with Gasteiger partial charge in [-0.2, -0.15) is 0 Å². The fourth-order valence-electron chi connectivity index (χ4n) is 4.30. The van der Waals surface area contributed by atoms with E-state index >= 15 is 0 Å². The van der Waals surface area contributed by atoms with Crippen LogP contribution in [0.4, 0.5) is 0 Å². The van der Waals surface area contributed by atoms with Gasteiger partial charge in [-0.25, -0.2) is 0 Å². The van der Waals surface area contributed by atoms with Crippen LogP contribution in [0.25, 0.3) is 11.0 Å². The molecule has 2 N–H and O–H groups in total. The van der Waals surface area contributed by atoms with Crippen molar-refractivity contribution >= 4 is 22.8 Å². The molecule has 1 aliphatic carbocycles. The van der Waals surface area contributed by atoms with Crippen LogP contribution in [-0.2, 0) is 12.8 Å². The van der Waals surface area contributed by atoms with Crippen LogP contribution in [0.15, 0.2) is 65.2 Å². The quantitative estimate of drug-likeness (QED) is 0.435. The van der Waals surface area contributed by atoms with Crippen molar-refractivity contribution in [1.82, 2.24) is 15.6 Å². The van der Waals surface area contributed by atoms with Crippen molar-refractivity contribution < 1.29 is 23.5 Å². The van der Waals surface area contributed by atoms with Crippen molar-refractivity contribution in [2.45, 2.75) is 25.3 Å². The van der Waals surface area contributed by atoms with Crippen molar-refractivity contribution in [1.29, 1.82) is 0 Å². The monoisotopic (exact) mass is 471 g/mol. The van der Waals surface area contributed by atoms with Gasteiger partial charge in [-0.1, -0.05) is 6.07 Å². The molecule has 0 saturated heterocycles. The normalized spacial score (nSPS) is 14.7. The molecule has 2 heterocycles. The second-order valence-corrected chi connectivity index (χ2v) is 8.42. The maximum Gasteiger partial charge on any atom is 0.287 e. The number of carbonyl (C=O) groups excluding carboxylic acids is 2. The minimum absolute atomic E-state index is 0.0197. The van der Waals surface area contributed by atoms with Crippen molar-refractivity contribution in [3.63, 3.8) is 0 Å². The molecule has 0 saturated carbocycles. The Labute approximate surface area is 202 Å². The Hall–Kier alpha value is -4.33. The van der Waals surface area contributed by atoms with E-state index in [1.165, 1.54) is 11.8 Å². The van der Waals surface area contributed by atoms with E-state index in [9.17, 15) is 9.59 Å². The maximum atomic E-state index is 12.9. The van der Waals surface area contributed by atoms with Crippen molar-refractivity contribution in [3.8, 4) is 17.2 Å². The molecule has 2 aromatic heterocycles. The van der Waals surface area contributed by atoms with E-state index < -0.39 is 0 Å². The minimum Gasteiger partial charge on any atom is -0.497 e. The van der Waals surface area contributed by atoms with E-state index in [1.807, 2.05) is 18.2 Å². The first kappa shape index (κ1) is 22.5. The Morgan fingerprint density at radius 1 is 0.971 bits per heavy atom. The smallest absolute Gasteiger partial charge is 0.287 e. The number of benzene rings is 2. The van der Waals surface area contributed by atoms with Crippen molar-refractivity contribution in [3.05, 3.63) is 83.4 Å². The van der Waals surface area contributed by atoms with Gasteiger partial charge in [0, 0.05) is 30.7 Å². The lowest BCUT2D eigenvalue weighted by molar-refractivity contribution is 0.0906. The first-order chi connectivity index (χ1) is 17.0. The molecule has 4 aromatic rings. The third-order valence-electron chi connectivity index (χ3n) is 6.12. The van der Waals surface area contributed by atoms with E-state index in [-0.39, 0.29) is 29.3 Å². The van der Waals surface area contributed by atoms with E-state index in [1.54, 1.807) is 44.5 Å². The number of amides is 2. The third kappa shape index (κ3) is 4.82. The number of furan rings is 1. The topological polar surface area (TPSA) is 103 Å². The lowest BCUT2D eigenvalue weighted by atomic mass is 9.88. The summed E-state index contributed by atoms with van der Waals surface area (Å²) in [4.78, 5) is 28.8. The van der Waals surface area contributed by atoms with E-state index in [0.717, 1.165) is 23.8 Å². The molecule has 0 fully saturated rings. The largest absolute Gasteiger partial charge is 0.497 e. The van der Waals surface area contributed by atoms with Crippen LogP contribution in [0.3, 0.4) is 0 Å². The van der Waals surface area contributed by atoms with Gasteiger partial charge in [-0.05, 0) is 72.9 Å². The molecule has 0 spiro atoms. The molecular formula is C27H25N3O5. The van der Waals surface area contributed by atoms with Gasteiger partial charge in [0.2, 0.25) is 0 Å². The molecule has 0 radical (unpaired) electrons. The molecule has 2 amide bonds. The standard InChI is InChI=1S/C27H25N3O5/c1-28-26(31)23-15-22(9-10-29-23)34-21-6-4-16-3-5-19(11-17(16)12-21)30-27(32)25-14-18-13-20(33-2)7-8-24(18)35-25/h4,6-10,12-15,19H,3,5,11H2,1-2H3,(H,28,31)(H,30,32). The molecule has 0 bridgehead atoms. The average molecular weight is 472 g/mol. The summed E-state index contributed by atoms with van der Waals surface area (Å²) >= 11 is 0. The average Bonchev–Trinajstić information content (AvgIpc) is 3.32. The summed E-state index contributed by atoms with van der Waals surface area (Å²) in [6, 6.07) is 16.4. The predicted octanol–water partition coefficient (Wildman–Crippen LogP) is 4.28. The molecular weight excluding hydrogens is 446 g/mol. The number of methoxy groups -OCH3 is 1. The first-order valence-corrected chi connectivity index (χ1v) is 11.4. The lowest BCUT2D eigenvalue weighted by Crippen LogP contribution is -2.38. The van der Waals surface area contributed by atoms with Crippen molar-refractivity contribution in [2.24, 2.45) is 0 Å². The summed E-state index contributed by atoms with van der Waals surface area (Å²) in [5.41, 5.74) is 3.28. The van der Waals surface area contributed by atoms with Crippen LogP contribution < -0.4 is 20.1 Å². The fourth-order valence-corrected chi connectivity index (χ4v) is 4.30. The van der Waals surface area contributed by atoms with E-state index in [2.05, 4.69) is 21.7 Å². The SMILES string of the molecule is CNC(=O)c1cc(Oc2ccc3c(c2)CC(NC(=O)c2cc4cc(OC)ccc4o2)CC3)ccn1. The number of nitrogens with zero attached hydrogens (tertiary/aromatic N) is 1. The summed E-state index contributed by atoms with van der Waals surface area (Å²) in [5, 5.41) is 6.48. The Morgan fingerprint density at radius 3 is 2.63 bits per heavy atom. The molecule has 8 nitrogen and oxygen atoms in total. The summed E-state index contributed by atoms with van der Waals surface area (Å²) in [5.74, 6) is 1.67. The van der Waals surface area contributed by atoms with Crippen molar-refractivity contribution in [2.75, 3.05) is 14.2 Å². The number of hydrogen-bond acceptors (Lipinski definition) is 6. The van der Waals surface area contributed by atoms with Crippen LogP contribution in [0, 0.1) is 0 Å². The number of aryl methyl sites for hydroxylation is 1. The second-order valence-electron chi connectivity index (χ2n) is 8.42. The zero-order valence-electron chi connectivity index (χ0n) is 19.5. The minimum atomic E-state index is -0.275. The van der Waals surface area contributed by atoms with Gasteiger partial charge in [0.05, 0.1) is 7.11 Å². The van der Waals surface area contributed by atoms with Gasteiger partial charge in [0.25, 0.3) is 11.8 Å². The fraction of sp³-hybridized carbons (Fsp3) is 0.222. The first-order valence-electron chi connectivity index (χ1n) is 11.4. The number of carbonyl (C=O) groups is 2. The van der Waals surface area contributed by atoms with Gasteiger partial charge < -0.3 is 24.5 Å². The van der Waals surface area contributed by atoms with Gasteiger partial charge in [0.15, 0.2) is 5.76 Å². The Morgan fingerprint density at radius 2 is 1.80 bits per heavy atom. The van der Waals surface area contributed by atoms with Gasteiger partial charge in [-0.15, -0.1) is 0 Å². The molecule has 5 rings (SSSR count). The van der Waals surface area contributed by atoms with Crippen LogP contribution in [0.5, 0.6) is 17.2 Å². The van der Waals surface area contributed by atoms with E-state index in [0.29, 0.717) is 29.3 Å². The Kier molecular flexibility index (Phi) is 6.10. The van der Waals surface area contributed by atoms with Crippen LogP contribution in [0.1, 0.15) is 38.6 Å². The highest BCUT2D eigenvalue weighted by atomic mass is 16.5. The van der Waals surface area contributed by atoms with Gasteiger partial charge in [0.1, 0.15) is 28.5 Å². The summed E-state index contributed by atoms with van der Waals surface area (Å²) in [7, 11) is 3.16. The third-order valence-corrected chi connectivity index (χ3v) is 6.12. The number of fused-ring (bicyclic) bond motifs is 2. The Balaban J connectivity index is 1.27. The molecule has 1 unspecified atom stereocenters. The maximum absolute atomic E-state index is 12.9. The van der Waals surface area contributed by atoms with Crippen LogP contribution in [-0.4, -0.2) is 37.0 Å². The van der Waals surface area contributed by atoms with Crippen LogP contribution >= 0.6 is 0 Å². The second kappa shape index (κ2) is 9.50. The zero-order valence-corrected chi connectivity index (χ0v) is 19.5. The van der Waals surface area contributed by atoms with Crippen LogP contribution in [0.2, 0.25) is 0 Å². The molecule has 8 heteroatoms. The van der Waals surface area contributed by atoms with Gasteiger partial charge >= 0.3 is 0 Å². The summed E-state index contributed by atoms with van der Waals surface area (Å²) in [6.07, 6.45) is 3.92. The number of ether oxygens (including phenoxy) is 2. The highest BCUT2D eigenvalue weighted by molar-refractivity contribution is 5.96. The number of rotatable bonds is 6. The predicted molar refractivity (Wildman–Crippen MR) is 130 cm³/mol. The number of hydrogen-bond donors (Lipinski definition) is 2. The highest BCUT2D eigenvalue weighted by Gasteiger charge is 2.23. The number of pyridine rings is 1. The molecule has 1 aliphatic rings. The number of nitrogens with one attached hydrogen (secondary N) is 2. The molecule has 0 aliphatic heterocycles. The molecule has 35 heavy (non-hydrogen) atoms. The summed E-state index contributed by atoms with van der Waals surface area (Å²) in [6.45, 7) is 0. The zero-order chi connectivity index (χ0) is 24.4. The lowest BCUT2D eigenvalue weighted by Gasteiger charge is -2.25.